The molecule has 3 rings (SSSR count). The first-order chi connectivity index (χ1) is 14.1. The summed E-state index contributed by atoms with van der Waals surface area (Å²) in [7, 11) is -2.89. The molecule has 1 aromatic heterocycles. The Hall–Kier alpha value is -2.20. The van der Waals surface area contributed by atoms with E-state index in [4.69, 9.17) is 9.79 Å². The molecule has 2 aromatic carbocycles. The van der Waals surface area contributed by atoms with Crippen LogP contribution in [0.1, 0.15) is 35.0 Å². The van der Waals surface area contributed by atoms with Crippen LogP contribution in [0.2, 0.25) is 0 Å². The summed E-state index contributed by atoms with van der Waals surface area (Å²) in [6.45, 7) is 4.00. The number of fused-ring (bicyclic) bond motifs is 1. The number of alkyl halides is 1. The minimum Gasteiger partial charge on any atom is -0.416 e. The SMILES string of the molecule is CC.O=C(Oc1c(F)c(F)c(F)c(F)c1F)c1cc2cc(C(F)P(O)O)ccc2s1. The van der Waals surface area contributed by atoms with Gasteiger partial charge in [-0.05, 0) is 29.1 Å². The number of hydrogen-bond donors (Lipinski definition) is 2. The predicted octanol–water partition coefficient (Wildman–Crippen LogP) is 6.11. The molecule has 1 heterocycles. The van der Waals surface area contributed by atoms with Crippen LogP contribution in [0.4, 0.5) is 26.3 Å². The molecule has 2 N–H and O–H groups in total. The number of carbonyl (C=O) groups excluding carboxylic acids is 1. The second-order valence-corrected chi connectivity index (χ2v) is 7.53. The molecule has 0 saturated carbocycles. The standard InChI is InChI=1S/C16H7F6O4PS.C2H6/c17-9-10(18)12(20)14(13(21)11(9)19)26-16(23)8-4-6-3-5(15(22)27(24)25)1-2-7(6)28-8;1-2/h1-4,15,24-25H;1-2H3. The van der Waals surface area contributed by atoms with Crippen molar-refractivity contribution in [3.8, 4) is 5.75 Å². The summed E-state index contributed by atoms with van der Waals surface area (Å²) in [5, 5.41) is 0.270. The molecular weight excluding hydrogens is 457 g/mol. The molecule has 0 saturated heterocycles. The topological polar surface area (TPSA) is 66.8 Å². The summed E-state index contributed by atoms with van der Waals surface area (Å²) in [4.78, 5) is 29.7. The predicted molar refractivity (Wildman–Crippen MR) is 99.6 cm³/mol. The van der Waals surface area contributed by atoms with Crippen LogP contribution < -0.4 is 4.74 Å². The molecule has 0 aliphatic heterocycles. The average molecular weight is 470 g/mol. The lowest BCUT2D eigenvalue weighted by Gasteiger charge is -2.08. The van der Waals surface area contributed by atoms with E-state index < -0.39 is 55.1 Å². The highest BCUT2D eigenvalue weighted by atomic mass is 32.1. The number of esters is 1. The van der Waals surface area contributed by atoms with E-state index in [9.17, 15) is 31.1 Å². The van der Waals surface area contributed by atoms with Crippen LogP contribution in [-0.2, 0) is 0 Å². The van der Waals surface area contributed by atoms with E-state index in [1.54, 1.807) is 0 Å². The van der Waals surface area contributed by atoms with Gasteiger partial charge in [-0.2, -0.15) is 8.78 Å². The van der Waals surface area contributed by atoms with Crippen molar-refractivity contribution in [3.05, 3.63) is 63.8 Å². The minimum atomic E-state index is -2.89. The van der Waals surface area contributed by atoms with Gasteiger partial charge in [0.25, 0.3) is 0 Å². The molecule has 1 unspecified atom stereocenters. The summed E-state index contributed by atoms with van der Waals surface area (Å²) in [5.41, 5.74) is -0.0823. The number of halogens is 6. The number of ether oxygens (including phenoxy) is 1. The van der Waals surface area contributed by atoms with Gasteiger partial charge in [0.2, 0.25) is 43.2 Å². The fourth-order valence-corrected chi connectivity index (χ4v) is 3.61. The second-order valence-electron chi connectivity index (χ2n) is 5.35. The molecule has 4 nitrogen and oxygen atoms in total. The Labute approximate surface area is 171 Å². The Kier molecular flexibility index (Phi) is 7.81. The molecule has 0 fully saturated rings. The summed E-state index contributed by atoms with van der Waals surface area (Å²) < 4.78 is 85.1. The number of benzene rings is 2. The van der Waals surface area contributed by atoms with Crippen molar-refractivity contribution in [1.29, 1.82) is 0 Å². The van der Waals surface area contributed by atoms with E-state index in [-0.39, 0.29) is 15.8 Å². The van der Waals surface area contributed by atoms with Gasteiger partial charge in [-0.15, -0.1) is 11.3 Å². The summed E-state index contributed by atoms with van der Waals surface area (Å²) in [6, 6.07) is 4.95. The monoisotopic (exact) mass is 470 g/mol. The summed E-state index contributed by atoms with van der Waals surface area (Å²) in [6.07, 6.45) is 0. The maximum atomic E-state index is 13.7. The van der Waals surface area contributed by atoms with Gasteiger partial charge in [0, 0.05) is 4.70 Å². The van der Waals surface area contributed by atoms with Crippen LogP contribution >= 0.6 is 19.7 Å². The molecule has 1 atom stereocenters. The van der Waals surface area contributed by atoms with Crippen LogP contribution in [0.25, 0.3) is 10.1 Å². The average Bonchev–Trinajstić information content (AvgIpc) is 3.18. The lowest BCUT2D eigenvalue weighted by Crippen LogP contribution is -2.12. The van der Waals surface area contributed by atoms with Gasteiger partial charge in [-0.25, -0.2) is 22.4 Å². The zero-order valence-corrected chi connectivity index (χ0v) is 16.9. The van der Waals surface area contributed by atoms with Gasteiger partial charge >= 0.3 is 5.97 Å². The van der Waals surface area contributed by atoms with E-state index in [1.807, 2.05) is 13.8 Å². The molecule has 0 spiro atoms. The molecular formula is C18H13F6O4PS. The number of carbonyl (C=O) groups is 1. The normalized spacial score (nSPS) is 12.0. The van der Waals surface area contributed by atoms with Crippen LogP contribution in [0.3, 0.4) is 0 Å². The smallest absolute Gasteiger partial charge is 0.353 e. The first-order valence-electron chi connectivity index (χ1n) is 8.20. The van der Waals surface area contributed by atoms with Gasteiger partial charge in [0.05, 0.1) is 0 Å². The van der Waals surface area contributed by atoms with E-state index in [1.165, 1.54) is 18.2 Å². The number of rotatable bonds is 4. The first kappa shape index (κ1) is 24.1. The third-order valence-electron chi connectivity index (χ3n) is 3.58. The van der Waals surface area contributed by atoms with Crippen molar-refractivity contribution >= 4 is 35.8 Å². The van der Waals surface area contributed by atoms with Crippen LogP contribution in [0.15, 0.2) is 24.3 Å². The number of hydrogen-bond acceptors (Lipinski definition) is 5. The molecule has 30 heavy (non-hydrogen) atoms. The third-order valence-corrected chi connectivity index (χ3v) is 5.38. The molecule has 0 aliphatic rings. The maximum Gasteiger partial charge on any atom is 0.353 e. The van der Waals surface area contributed by atoms with Gasteiger partial charge < -0.3 is 14.5 Å². The highest BCUT2D eigenvalue weighted by molar-refractivity contribution is 7.45. The van der Waals surface area contributed by atoms with Crippen molar-refractivity contribution in [2.45, 2.75) is 19.8 Å². The van der Waals surface area contributed by atoms with E-state index in [2.05, 4.69) is 4.74 Å². The van der Waals surface area contributed by atoms with Gasteiger partial charge in [0.1, 0.15) is 4.88 Å². The first-order valence-corrected chi connectivity index (χ1v) is 10.3. The van der Waals surface area contributed by atoms with Crippen molar-refractivity contribution in [1.82, 2.24) is 0 Å². The Morgan fingerprint density at radius 2 is 1.50 bits per heavy atom. The Morgan fingerprint density at radius 3 is 2.03 bits per heavy atom. The van der Waals surface area contributed by atoms with E-state index in [0.29, 0.717) is 4.70 Å². The zero-order chi connectivity index (χ0) is 22.7. The quantitative estimate of drug-likeness (QED) is 0.121. The van der Waals surface area contributed by atoms with Crippen molar-refractivity contribution in [3.63, 3.8) is 0 Å². The molecule has 162 valence electrons. The van der Waals surface area contributed by atoms with Crippen LogP contribution in [0, 0.1) is 29.1 Å². The number of thiophene rings is 1. The Balaban J connectivity index is 0.00000155. The fraction of sp³-hybridized carbons (Fsp3) is 0.167. The second kappa shape index (κ2) is 9.74. The third kappa shape index (κ3) is 4.59. The highest BCUT2D eigenvalue weighted by Gasteiger charge is 2.29. The Morgan fingerprint density at radius 1 is 0.967 bits per heavy atom. The lowest BCUT2D eigenvalue weighted by molar-refractivity contribution is 0.0721. The molecule has 12 heteroatoms. The minimum absolute atomic E-state index is 0.0823. The van der Waals surface area contributed by atoms with Crippen molar-refractivity contribution in [2.75, 3.05) is 0 Å². The Bertz CT molecular complexity index is 1060. The van der Waals surface area contributed by atoms with Crippen LogP contribution in [0.5, 0.6) is 5.75 Å². The van der Waals surface area contributed by atoms with Gasteiger partial charge in [0.15, 0.2) is 5.91 Å². The van der Waals surface area contributed by atoms with Gasteiger partial charge in [-0.3, -0.25) is 0 Å². The van der Waals surface area contributed by atoms with Crippen molar-refractivity contribution < 1.29 is 45.7 Å². The van der Waals surface area contributed by atoms with E-state index >= 15 is 0 Å². The molecule has 0 bridgehead atoms. The molecule has 0 radical (unpaired) electrons. The molecule has 0 aliphatic carbocycles. The lowest BCUT2D eigenvalue weighted by atomic mass is 10.2. The summed E-state index contributed by atoms with van der Waals surface area (Å²) in [5.74, 6) is -16.7. The van der Waals surface area contributed by atoms with Gasteiger partial charge in [-0.1, -0.05) is 19.9 Å². The zero-order valence-electron chi connectivity index (χ0n) is 15.2. The summed E-state index contributed by atoms with van der Waals surface area (Å²) >= 11 is 0.754. The highest BCUT2D eigenvalue weighted by Crippen LogP contribution is 2.45. The van der Waals surface area contributed by atoms with E-state index in [0.717, 1.165) is 17.4 Å². The van der Waals surface area contributed by atoms with Crippen molar-refractivity contribution in [2.24, 2.45) is 0 Å². The van der Waals surface area contributed by atoms with Crippen LogP contribution in [-0.4, -0.2) is 15.8 Å². The maximum absolute atomic E-state index is 13.7. The largest absolute Gasteiger partial charge is 0.416 e. The molecule has 0 amide bonds. The fourth-order valence-electron chi connectivity index (χ4n) is 2.26. The molecule has 3 aromatic rings.